The predicted molar refractivity (Wildman–Crippen MR) is 79.4 cm³/mol. The number of aliphatic hydroxyl groups is 1. The second-order valence-corrected chi connectivity index (χ2v) is 5.12. The minimum Gasteiger partial charge on any atom is -0.494 e. The van der Waals surface area contributed by atoms with Crippen molar-refractivity contribution >= 4 is 0 Å². The Balaban J connectivity index is 1.74. The van der Waals surface area contributed by atoms with Gasteiger partial charge in [-0.05, 0) is 50.6 Å². The van der Waals surface area contributed by atoms with Crippen LogP contribution in [0.3, 0.4) is 0 Å². The molecule has 0 amide bonds. The molecule has 0 radical (unpaired) electrons. The number of ether oxygens (including phenoxy) is 2. The summed E-state index contributed by atoms with van der Waals surface area (Å²) >= 11 is 0. The lowest BCUT2D eigenvalue weighted by Crippen LogP contribution is -2.43. The van der Waals surface area contributed by atoms with Gasteiger partial charge < -0.3 is 14.6 Å². The van der Waals surface area contributed by atoms with E-state index in [0.717, 1.165) is 31.0 Å². The topological polar surface area (TPSA) is 41.9 Å². The summed E-state index contributed by atoms with van der Waals surface area (Å²) in [5.74, 6) is 1.74. The second-order valence-electron chi connectivity index (χ2n) is 5.12. The Bertz CT molecular complexity index is 380. The average Bonchev–Trinajstić information content (AvgIpc) is 2.50. The van der Waals surface area contributed by atoms with Crippen molar-refractivity contribution in [3.8, 4) is 11.5 Å². The maximum atomic E-state index is 9.36. The molecule has 0 spiro atoms. The molecule has 1 unspecified atom stereocenters. The first-order valence-electron chi connectivity index (χ1n) is 7.54. The Kier molecular flexibility index (Phi) is 6.15. The van der Waals surface area contributed by atoms with E-state index in [1.54, 1.807) is 0 Å². The third kappa shape index (κ3) is 4.39. The van der Waals surface area contributed by atoms with E-state index in [9.17, 15) is 5.11 Å². The quantitative estimate of drug-likeness (QED) is 0.831. The van der Waals surface area contributed by atoms with Gasteiger partial charge in [-0.2, -0.15) is 0 Å². The first-order valence-corrected chi connectivity index (χ1v) is 7.54. The maximum absolute atomic E-state index is 9.36. The largest absolute Gasteiger partial charge is 0.494 e. The molecule has 1 fully saturated rings. The average molecular weight is 279 g/mol. The Morgan fingerprint density at radius 2 is 1.85 bits per heavy atom. The number of nitrogens with zero attached hydrogens (tertiary/aromatic N) is 1. The van der Waals surface area contributed by atoms with E-state index in [-0.39, 0.29) is 6.61 Å². The summed E-state index contributed by atoms with van der Waals surface area (Å²) in [6, 6.07) is 8.04. The molecule has 1 N–H and O–H groups in total. The fraction of sp³-hybridized carbons (Fsp3) is 0.625. The number of hydrogen-bond acceptors (Lipinski definition) is 4. The highest BCUT2D eigenvalue weighted by Gasteiger charge is 2.20. The van der Waals surface area contributed by atoms with Gasteiger partial charge in [0.25, 0.3) is 0 Å². The Hall–Kier alpha value is -1.26. The third-order valence-corrected chi connectivity index (χ3v) is 3.74. The van der Waals surface area contributed by atoms with Gasteiger partial charge in [0.15, 0.2) is 0 Å². The second kappa shape index (κ2) is 8.12. The van der Waals surface area contributed by atoms with Crippen molar-refractivity contribution in [2.75, 3.05) is 32.9 Å². The zero-order chi connectivity index (χ0) is 14.2. The van der Waals surface area contributed by atoms with E-state index in [2.05, 4.69) is 4.90 Å². The minimum atomic E-state index is 0.253. The normalized spacial score (nSPS) is 19.8. The molecule has 112 valence electrons. The lowest BCUT2D eigenvalue weighted by molar-refractivity contribution is 0.0773. The van der Waals surface area contributed by atoms with Crippen LogP contribution in [-0.2, 0) is 0 Å². The Morgan fingerprint density at radius 1 is 1.15 bits per heavy atom. The van der Waals surface area contributed by atoms with Crippen molar-refractivity contribution in [3.63, 3.8) is 0 Å². The monoisotopic (exact) mass is 279 g/mol. The van der Waals surface area contributed by atoms with Gasteiger partial charge >= 0.3 is 0 Å². The van der Waals surface area contributed by atoms with Gasteiger partial charge in [0, 0.05) is 12.6 Å². The standard InChI is InChI=1S/C16H25NO3/c1-2-19-15-6-8-16(9-7-15)20-12-11-17-10-4-3-5-14(17)13-18/h6-9,14,18H,2-5,10-13H2,1H3. The number of aliphatic hydroxyl groups excluding tert-OH is 1. The van der Waals surface area contributed by atoms with E-state index in [4.69, 9.17) is 9.47 Å². The van der Waals surface area contributed by atoms with Gasteiger partial charge in [-0.25, -0.2) is 0 Å². The Morgan fingerprint density at radius 3 is 2.50 bits per heavy atom. The SMILES string of the molecule is CCOc1ccc(OCCN2CCCCC2CO)cc1. The number of piperidine rings is 1. The van der Waals surface area contributed by atoms with E-state index in [0.29, 0.717) is 19.3 Å². The van der Waals surface area contributed by atoms with Crippen LogP contribution in [0.4, 0.5) is 0 Å². The lowest BCUT2D eigenvalue weighted by atomic mass is 10.0. The van der Waals surface area contributed by atoms with Crippen LogP contribution in [0.5, 0.6) is 11.5 Å². The van der Waals surface area contributed by atoms with Gasteiger partial charge in [-0.15, -0.1) is 0 Å². The van der Waals surface area contributed by atoms with E-state index in [1.165, 1.54) is 12.8 Å². The van der Waals surface area contributed by atoms with Crippen LogP contribution in [0, 0.1) is 0 Å². The first-order chi connectivity index (χ1) is 9.83. The van der Waals surface area contributed by atoms with Crippen molar-refractivity contribution in [3.05, 3.63) is 24.3 Å². The summed E-state index contributed by atoms with van der Waals surface area (Å²) in [5.41, 5.74) is 0. The van der Waals surface area contributed by atoms with E-state index < -0.39 is 0 Å². The van der Waals surface area contributed by atoms with Crippen LogP contribution in [0.1, 0.15) is 26.2 Å². The Labute approximate surface area is 121 Å². The first kappa shape index (κ1) is 15.1. The summed E-state index contributed by atoms with van der Waals surface area (Å²) < 4.78 is 11.2. The van der Waals surface area contributed by atoms with Crippen LogP contribution in [-0.4, -0.2) is 49.0 Å². The van der Waals surface area contributed by atoms with Crippen LogP contribution >= 0.6 is 0 Å². The van der Waals surface area contributed by atoms with Gasteiger partial charge in [-0.1, -0.05) is 6.42 Å². The fourth-order valence-electron chi connectivity index (χ4n) is 2.64. The van der Waals surface area contributed by atoms with Crippen LogP contribution in [0.2, 0.25) is 0 Å². The van der Waals surface area contributed by atoms with Crippen molar-refractivity contribution in [1.29, 1.82) is 0 Å². The van der Waals surface area contributed by atoms with Crippen molar-refractivity contribution < 1.29 is 14.6 Å². The molecule has 1 atom stereocenters. The molecule has 1 aliphatic heterocycles. The van der Waals surface area contributed by atoms with E-state index in [1.807, 2.05) is 31.2 Å². The van der Waals surface area contributed by atoms with Crippen molar-refractivity contribution in [2.24, 2.45) is 0 Å². The van der Waals surface area contributed by atoms with Gasteiger partial charge in [0.2, 0.25) is 0 Å². The maximum Gasteiger partial charge on any atom is 0.119 e. The molecule has 4 nitrogen and oxygen atoms in total. The predicted octanol–water partition coefficient (Wildman–Crippen LogP) is 2.31. The third-order valence-electron chi connectivity index (χ3n) is 3.74. The highest BCUT2D eigenvalue weighted by atomic mass is 16.5. The number of likely N-dealkylation sites (tertiary alicyclic amines) is 1. The van der Waals surface area contributed by atoms with Gasteiger partial charge in [-0.3, -0.25) is 4.90 Å². The summed E-state index contributed by atoms with van der Waals surface area (Å²) in [5, 5.41) is 9.36. The highest BCUT2D eigenvalue weighted by Crippen LogP contribution is 2.19. The molecular formula is C16H25NO3. The molecule has 1 heterocycles. The molecule has 1 aromatic carbocycles. The molecule has 4 heteroatoms. The molecule has 0 aromatic heterocycles. The minimum absolute atomic E-state index is 0.253. The van der Waals surface area contributed by atoms with Crippen molar-refractivity contribution in [2.45, 2.75) is 32.2 Å². The molecule has 20 heavy (non-hydrogen) atoms. The van der Waals surface area contributed by atoms with Crippen LogP contribution in [0.25, 0.3) is 0 Å². The van der Waals surface area contributed by atoms with E-state index >= 15 is 0 Å². The zero-order valence-corrected chi connectivity index (χ0v) is 12.3. The summed E-state index contributed by atoms with van der Waals surface area (Å²) in [7, 11) is 0. The fourth-order valence-corrected chi connectivity index (χ4v) is 2.64. The molecule has 1 saturated heterocycles. The lowest BCUT2D eigenvalue weighted by Gasteiger charge is -2.34. The molecule has 0 aliphatic carbocycles. The number of benzene rings is 1. The molecule has 0 saturated carbocycles. The number of rotatable bonds is 7. The molecular weight excluding hydrogens is 254 g/mol. The van der Waals surface area contributed by atoms with Crippen LogP contribution in [0.15, 0.2) is 24.3 Å². The molecule has 1 aliphatic rings. The molecule has 1 aromatic rings. The summed E-state index contributed by atoms with van der Waals surface area (Å²) in [6.45, 7) is 5.50. The number of hydrogen-bond donors (Lipinski definition) is 1. The summed E-state index contributed by atoms with van der Waals surface area (Å²) in [4.78, 5) is 2.33. The van der Waals surface area contributed by atoms with Gasteiger partial charge in [0.1, 0.15) is 18.1 Å². The van der Waals surface area contributed by atoms with Crippen LogP contribution < -0.4 is 9.47 Å². The zero-order valence-electron chi connectivity index (χ0n) is 12.3. The summed E-state index contributed by atoms with van der Waals surface area (Å²) in [6.07, 6.45) is 3.54. The smallest absolute Gasteiger partial charge is 0.119 e. The molecule has 0 bridgehead atoms. The highest BCUT2D eigenvalue weighted by molar-refractivity contribution is 5.31. The van der Waals surface area contributed by atoms with Gasteiger partial charge in [0.05, 0.1) is 13.2 Å². The van der Waals surface area contributed by atoms with Crippen molar-refractivity contribution in [1.82, 2.24) is 4.90 Å². The molecule has 2 rings (SSSR count).